The second-order valence-corrected chi connectivity index (χ2v) is 9.17. The van der Waals surface area contributed by atoms with Crippen LogP contribution in [0.3, 0.4) is 0 Å². The lowest BCUT2D eigenvalue weighted by Gasteiger charge is -2.44. The summed E-state index contributed by atoms with van der Waals surface area (Å²) in [6.45, 7) is 8.05. The summed E-state index contributed by atoms with van der Waals surface area (Å²) < 4.78 is 11.8. The van der Waals surface area contributed by atoms with E-state index in [0.29, 0.717) is 37.2 Å². The first-order valence-corrected chi connectivity index (χ1v) is 11.6. The third-order valence-corrected chi connectivity index (χ3v) is 6.95. The number of nitrogens with zero attached hydrogens (tertiary/aromatic N) is 3. The standard InChI is InChI=1S/C24H32ClN3O3/c1-16-18(3)31-23(26-16)14-27(17(2)19-8-10-20(25)11-9-19)15-24(29)28-12-13-30-22-7-5-4-6-21(22)28/h8-11,17,21-22H,4-7,12-15H2,1-3H3/t17-,21+,22+/m0/s1. The molecule has 1 saturated heterocycles. The maximum Gasteiger partial charge on any atom is 0.237 e. The van der Waals surface area contributed by atoms with Crippen LogP contribution in [-0.2, 0) is 16.1 Å². The fourth-order valence-electron chi connectivity index (χ4n) is 4.73. The van der Waals surface area contributed by atoms with Gasteiger partial charge in [0.15, 0.2) is 0 Å². The first-order valence-electron chi connectivity index (χ1n) is 11.3. The van der Waals surface area contributed by atoms with Gasteiger partial charge < -0.3 is 14.1 Å². The number of hydrogen-bond acceptors (Lipinski definition) is 5. The van der Waals surface area contributed by atoms with E-state index >= 15 is 0 Å². The van der Waals surface area contributed by atoms with Crippen molar-refractivity contribution in [2.24, 2.45) is 0 Å². The van der Waals surface area contributed by atoms with E-state index in [2.05, 4.69) is 21.7 Å². The number of aromatic nitrogens is 1. The number of morpholine rings is 1. The van der Waals surface area contributed by atoms with Crippen molar-refractivity contribution in [1.29, 1.82) is 0 Å². The third-order valence-electron chi connectivity index (χ3n) is 6.70. The molecule has 0 unspecified atom stereocenters. The Morgan fingerprint density at radius 1 is 1.26 bits per heavy atom. The lowest BCUT2D eigenvalue weighted by Crippen LogP contribution is -2.56. The molecule has 6 nitrogen and oxygen atoms in total. The van der Waals surface area contributed by atoms with Crippen LogP contribution in [0, 0.1) is 13.8 Å². The van der Waals surface area contributed by atoms with Gasteiger partial charge >= 0.3 is 0 Å². The van der Waals surface area contributed by atoms with Crippen molar-refractivity contribution in [3.8, 4) is 0 Å². The highest BCUT2D eigenvalue weighted by molar-refractivity contribution is 6.30. The third kappa shape index (κ3) is 5.13. The number of oxazole rings is 1. The summed E-state index contributed by atoms with van der Waals surface area (Å²) in [5.74, 6) is 1.61. The number of benzene rings is 1. The average molecular weight is 446 g/mol. The molecule has 2 heterocycles. The predicted molar refractivity (Wildman–Crippen MR) is 120 cm³/mol. The number of fused-ring (bicyclic) bond motifs is 1. The monoisotopic (exact) mass is 445 g/mol. The molecule has 3 atom stereocenters. The smallest absolute Gasteiger partial charge is 0.237 e. The molecular formula is C24H32ClN3O3. The largest absolute Gasteiger partial charge is 0.444 e. The molecular weight excluding hydrogens is 414 g/mol. The number of amides is 1. The number of carbonyl (C=O) groups is 1. The number of rotatable bonds is 6. The Hall–Kier alpha value is -1.89. The molecule has 1 saturated carbocycles. The van der Waals surface area contributed by atoms with Gasteiger partial charge in [-0.05, 0) is 51.3 Å². The SMILES string of the molecule is Cc1nc(CN(CC(=O)N2CCO[C@@H]3CCCC[C@H]32)[C@@H](C)c2ccc(Cl)cc2)oc1C. The maximum atomic E-state index is 13.5. The number of aryl methyl sites for hydroxylation is 2. The molecule has 0 bridgehead atoms. The normalized spacial score (nSPS) is 22.4. The molecule has 2 aromatic rings. The molecule has 1 aliphatic heterocycles. The number of ether oxygens (including phenoxy) is 1. The molecule has 0 N–H and O–H groups in total. The highest BCUT2D eigenvalue weighted by atomic mass is 35.5. The van der Waals surface area contributed by atoms with Crippen LogP contribution in [0.2, 0.25) is 5.02 Å². The Morgan fingerprint density at radius 2 is 2.00 bits per heavy atom. The summed E-state index contributed by atoms with van der Waals surface area (Å²) in [7, 11) is 0. The van der Waals surface area contributed by atoms with Gasteiger partial charge in [-0.25, -0.2) is 4.98 Å². The van der Waals surface area contributed by atoms with Gasteiger partial charge in [0.2, 0.25) is 11.8 Å². The van der Waals surface area contributed by atoms with Crippen molar-refractivity contribution in [3.63, 3.8) is 0 Å². The van der Waals surface area contributed by atoms with E-state index in [0.717, 1.165) is 36.3 Å². The summed E-state index contributed by atoms with van der Waals surface area (Å²) in [6, 6.07) is 8.03. The van der Waals surface area contributed by atoms with Crippen LogP contribution in [-0.4, -0.2) is 52.5 Å². The van der Waals surface area contributed by atoms with Gasteiger partial charge in [0, 0.05) is 17.6 Å². The van der Waals surface area contributed by atoms with Crippen molar-refractivity contribution in [3.05, 3.63) is 52.2 Å². The molecule has 4 rings (SSSR count). The second kappa shape index (κ2) is 9.72. The van der Waals surface area contributed by atoms with E-state index in [-0.39, 0.29) is 24.1 Å². The molecule has 1 aliphatic carbocycles. The van der Waals surface area contributed by atoms with E-state index in [4.69, 9.17) is 20.8 Å². The molecule has 0 radical (unpaired) electrons. The maximum absolute atomic E-state index is 13.5. The fraction of sp³-hybridized carbons (Fsp3) is 0.583. The highest BCUT2D eigenvalue weighted by Crippen LogP contribution is 2.30. The number of carbonyl (C=O) groups excluding carboxylic acids is 1. The van der Waals surface area contributed by atoms with Gasteiger partial charge in [-0.1, -0.05) is 36.6 Å². The molecule has 1 amide bonds. The topological polar surface area (TPSA) is 58.8 Å². The van der Waals surface area contributed by atoms with Crippen molar-refractivity contribution < 1.29 is 13.9 Å². The number of hydrogen-bond donors (Lipinski definition) is 0. The minimum absolute atomic E-state index is 0.0110. The Morgan fingerprint density at radius 3 is 2.71 bits per heavy atom. The fourth-order valence-corrected chi connectivity index (χ4v) is 4.86. The van der Waals surface area contributed by atoms with Crippen molar-refractivity contribution in [1.82, 2.24) is 14.8 Å². The quantitative estimate of drug-likeness (QED) is 0.646. The molecule has 0 spiro atoms. The van der Waals surface area contributed by atoms with Crippen LogP contribution >= 0.6 is 11.6 Å². The molecule has 7 heteroatoms. The second-order valence-electron chi connectivity index (χ2n) is 8.73. The zero-order valence-corrected chi connectivity index (χ0v) is 19.4. The van der Waals surface area contributed by atoms with E-state index in [1.807, 2.05) is 38.1 Å². The molecule has 168 valence electrons. The van der Waals surface area contributed by atoms with E-state index in [9.17, 15) is 4.79 Å². The molecule has 31 heavy (non-hydrogen) atoms. The van der Waals surface area contributed by atoms with Gasteiger partial charge in [-0.2, -0.15) is 0 Å². The van der Waals surface area contributed by atoms with Gasteiger partial charge in [-0.3, -0.25) is 9.69 Å². The van der Waals surface area contributed by atoms with E-state index in [1.165, 1.54) is 6.42 Å². The first kappa shape index (κ1) is 22.3. The van der Waals surface area contributed by atoms with Crippen molar-refractivity contribution >= 4 is 17.5 Å². The van der Waals surface area contributed by atoms with Gasteiger partial charge in [0.25, 0.3) is 0 Å². The lowest BCUT2D eigenvalue weighted by atomic mass is 9.90. The highest BCUT2D eigenvalue weighted by Gasteiger charge is 2.37. The zero-order valence-electron chi connectivity index (χ0n) is 18.6. The van der Waals surface area contributed by atoms with Gasteiger partial charge in [0.1, 0.15) is 5.76 Å². The number of halogens is 1. The average Bonchev–Trinajstić information content (AvgIpc) is 3.09. The Balaban J connectivity index is 1.54. The minimum Gasteiger partial charge on any atom is -0.444 e. The predicted octanol–water partition coefficient (Wildman–Crippen LogP) is 4.68. The summed E-state index contributed by atoms with van der Waals surface area (Å²) >= 11 is 6.09. The first-order chi connectivity index (χ1) is 14.9. The van der Waals surface area contributed by atoms with Crippen LogP contribution in [0.25, 0.3) is 0 Å². The Kier molecular flexibility index (Phi) is 6.99. The van der Waals surface area contributed by atoms with E-state index < -0.39 is 0 Å². The molecule has 1 aromatic heterocycles. The Labute approximate surface area is 189 Å². The summed E-state index contributed by atoms with van der Waals surface area (Å²) in [4.78, 5) is 22.2. The molecule has 2 fully saturated rings. The summed E-state index contributed by atoms with van der Waals surface area (Å²) in [6.07, 6.45) is 4.61. The van der Waals surface area contributed by atoms with Gasteiger partial charge in [-0.15, -0.1) is 0 Å². The molecule has 2 aliphatic rings. The zero-order chi connectivity index (χ0) is 22.0. The minimum atomic E-state index is 0.0110. The van der Waals surface area contributed by atoms with Crippen molar-refractivity contribution in [2.45, 2.75) is 71.2 Å². The van der Waals surface area contributed by atoms with E-state index in [1.54, 1.807) is 0 Å². The van der Waals surface area contributed by atoms with Crippen molar-refractivity contribution in [2.75, 3.05) is 19.7 Å². The van der Waals surface area contributed by atoms with Crippen LogP contribution < -0.4 is 0 Å². The summed E-state index contributed by atoms with van der Waals surface area (Å²) in [5, 5.41) is 0.703. The van der Waals surface area contributed by atoms with Crippen LogP contribution in [0.15, 0.2) is 28.7 Å². The van der Waals surface area contributed by atoms with Gasteiger partial charge in [0.05, 0.1) is 37.5 Å². The summed E-state index contributed by atoms with van der Waals surface area (Å²) in [5.41, 5.74) is 1.99. The lowest BCUT2D eigenvalue weighted by molar-refractivity contribution is -0.151. The van der Waals surface area contributed by atoms with Crippen LogP contribution in [0.1, 0.15) is 61.6 Å². The van der Waals surface area contributed by atoms with Crippen LogP contribution in [0.5, 0.6) is 0 Å². The van der Waals surface area contributed by atoms with Crippen LogP contribution in [0.4, 0.5) is 0 Å². The molecule has 1 aromatic carbocycles. The Bertz CT molecular complexity index is 876.